The van der Waals surface area contributed by atoms with E-state index in [0.717, 1.165) is 29.5 Å². The van der Waals surface area contributed by atoms with E-state index < -0.39 is 0 Å². The number of amidine groups is 1. The van der Waals surface area contributed by atoms with E-state index in [1.807, 2.05) is 36.9 Å². The number of aromatic nitrogens is 3. The largest absolute Gasteiger partial charge is 0.455 e. The molecular formula is C27H29ClN6O4. The predicted octanol–water partition coefficient (Wildman–Crippen LogP) is 4.94. The standard InChI is InChI=1S/C27H29ClN6O4/c1-14-10-19(16(3)31-21-4-5-22(28)32-23(21)27(29)33-36)26-20(11-14)24(35)15(2)25(38-26)17-12-30-34(13-17)18-6-8-37-9-7-18/h4-5,10-13,16,18,31,36H,6-9H2,1-3H3,(H2,29,33)/t16-/m1/s1. The minimum atomic E-state index is -0.339. The van der Waals surface area contributed by atoms with Gasteiger partial charge in [0.2, 0.25) is 0 Å². The highest BCUT2D eigenvalue weighted by Gasteiger charge is 2.22. The van der Waals surface area contributed by atoms with Crippen LogP contribution in [0, 0.1) is 13.8 Å². The summed E-state index contributed by atoms with van der Waals surface area (Å²) in [6.07, 6.45) is 5.46. The molecule has 1 aromatic carbocycles. The van der Waals surface area contributed by atoms with Crippen LogP contribution in [-0.4, -0.2) is 39.0 Å². The number of benzene rings is 1. The number of pyridine rings is 1. The molecule has 38 heavy (non-hydrogen) atoms. The van der Waals surface area contributed by atoms with Crippen molar-refractivity contribution in [3.05, 3.63) is 74.4 Å². The number of hydrogen-bond acceptors (Lipinski definition) is 8. The van der Waals surface area contributed by atoms with E-state index in [1.165, 1.54) is 0 Å². The topological polar surface area (TPSA) is 141 Å². The van der Waals surface area contributed by atoms with Crippen LogP contribution in [0.25, 0.3) is 22.3 Å². The third-order valence-corrected chi connectivity index (χ3v) is 7.08. The number of nitrogens with two attached hydrogens (primary N) is 1. The second-order valence-electron chi connectivity index (χ2n) is 9.55. The molecular weight excluding hydrogens is 508 g/mol. The molecule has 0 aliphatic carbocycles. The number of rotatable bonds is 6. The molecule has 10 nitrogen and oxygen atoms in total. The van der Waals surface area contributed by atoms with Gasteiger partial charge >= 0.3 is 0 Å². The van der Waals surface area contributed by atoms with Crippen molar-refractivity contribution in [3.63, 3.8) is 0 Å². The van der Waals surface area contributed by atoms with E-state index in [4.69, 9.17) is 26.5 Å². The Morgan fingerprint density at radius 1 is 1.29 bits per heavy atom. The summed E-state index contributed by atoms with van der Waals surface area (Å²) in [5, 5.41) is 20.9. The molecule has 1 fully saturated rings. The van der Waals surface area contributed by atoms with Gasteiger partial charge < -0.3 is 25.4 Å². The van der Waals surface area contributed by atoms with E-state index in [9.17, 15) is 10.0 Å². The average molecular weight is 537 g/mol. The number of halogens is 1. The van der Waals surface area contributed by atoms with Gasteiger partial charge in [0.05, 0.1) is 34.9 Å². The van der Waals surface area contributed by atoms with Crippen LogP contribution in [0.1, 0.15) is 54.2 Å². The van der Waals surface area contributed by atoms with Crippen molar-refractivity contribution in [2.45, 2.75) is 45.7 Å². The molecule has 1 saturated heterocycles. The Kier molecular flexibility index (Phi) is 7.09. The van der Waals surface area contributed by atoms with Crippen LogP contribution in [0.4, 0.5) is 5.69 Å². The number of nitrogens with one attached hydrogen (secondary N) is 1. The number of aryl methyl sites for hydroxylation is 1. The van der Waals surface area contributed by atoms with Crippen LogP contribution in [0.5, 0.6) is 0 Å². The molecule has 1 aliphatic heterocycles. The highest BCUT2D eigenvalue weighted by Crippen LogP contribution is 2.33. The Morgan fingerprint density at radius 2 is 2.05 bits per heavy atom. The molecule has 0 unspecified atom stereocenters. The smallest absolute Gasteiger partial charge is 0.196 e. The van der Waals surface area contributed by atoms with Crippen molar-refractivity contribution >= 4 is 34.1 Å². The minimum Gasteiger partial charge on any atom is -0.455 e. The Labute approximate surface area is 224 Å². The molecule has 0 spiro atoms. The molecule has 4 aromatic rings. The first-order valence-corrected chi connectivity index (χ1v) is 12.8. The number of ether oxygens (including phenoxy) is 1. The SMILES string of the molecule is Cc1cc([C@@H](C)Nc2ccc(Cl)nc2/C(N)=N/O)c2oc(-c3cnn(C4CCOCC4)c3)c(C)c(=O)c2c1. The van der Waals surface area contributed by atoms with Crippen LogP contribution in [0.15, 0.2) is 51.0 Å². The average Bonchev–Trinajstić information content (AvgIpc) is 3.41. The van der Waals surface area contributed by atoms with Gasteiger partial charge in [-0.15, -0.1) is 0 Å². The van der Waals surface area contributed by atoms with Gasteiger partial charge in [-0.1, -0.05) is 22.8 Å². The maximum absolute atomic E-state index is 13.5. The van der Waals surface area contributed by atoms with Crippen molar-refractivity contribution in [3.8, 4) is 11.3 Å². The molecule has 1 atom stereocenters. The second kappa shape index (κ2) is 10.5. The number of anilines is 1. The first-order chi connectivity index (χ1) is 18.3. The van der Waals surface area contributed by atoms with E-state index in [0.29, 0.717) is 41.2 Å². The maximum Gasteiger partial charge on any atom is 0.196 e. The Hall–Kier alpha value is -3.89. The normalized spacial score (nSPS) is 15.6. The van der Waals surface area contributed by atoms with Crippen LogP contribution in [0.2, 0.25) is 5.15 Å². The van der Waals surface area contributed by atoms with Crippen molar-refractivity contribution in [1.29, 1.82) is 0 Å². The van der Waals surface area contributed by atoms with E-state index in [1.54, 1.807) is 25.3 Å². The van der Waals surface area contributed by atoms with Gasteiger partial charge in [0, 0.05) is 30.5 Å². The molecule has 1 aliphatic rings. The fourth-order valence-electron chi connectivity index (χ4n) is 4.87. The van der Waals surface area contributed by atoms with Crippen LogP contribution >= 0.6 is 11.6 Å². The second-order valence-corrected chi connectivity index (χ2v) is 9.94. The third-order valence-electron chi connectivity index (χ3n) is 6.87. The zero-order valence-corrected chi connectivity index (χ0v) is 22.1. The van der Waals surface area contributed by atoms with E-state index in [2.05, 4.69) is 20.6 Å². The van der Waals surface area contributed by atoms with E-state index >= 15 is 0 Å². The monoisotopic (exact) mass is 536 g/mol. The molecule has 0 amide bonds. The van der Waals surface area contributed by atoms with Gasteiger partial charge in [-0.05, 0) is 57.4 Å². The highest BCUT2D eigenvalue weighted by molar-refractivity contribution is 6.29. The molecule has 11 heteroatoms. The summed E-state index contributed by atoms with van der Waals surface area (Å²) in [4.78, 5) is 17.7. The van der Waals surface area contributed by atoms with Crippen LogP contribution < -0.4 is 16.5 Å². The molecule has 4 N–H and O–H groups in total. The van der Waals surface area contributed by atoms with Gasteiger partial charge in [-0.2, -0.15) is 5.10 Å². The summed E-state index contributed by atoms with van der Waals surface area (Å²) >= 11 is 6.04. The van der Waals surface area contributed by atoms with Crippen molar-refractivity contribution in [2.75, 3.05) is 18.5 Å². The van der Waals surface area contributed by atoms with E-state index in [-0.39, 0.29) is 34.2 Å². The first-order valence-electron chi connectivity index (χ1n) is 12.4. The van der Waals surface area contributed by atoms with Gasteiger partial charge in [0.15, 0.2) is 11.3 Å². The number of nitrogens with zero attached hydrogens (tertiary/aromatic N) is 4. The van der Waals surface area contributed by atoms with Crippen LogP contribution in [-0.2, 0) is 4.74 Å². The summed E-state index contributed by atoms with van der Waals surface area (Å²) in [7, 11) is 0. The van der Waals surface area contributed by atoms with Gasteiger partial charge in [-0.3, -0.25) is 9.48 Å². The van der Waals surface area contributed by atoms with Crippen molar-refractivity contribution < 1.29 is 14.4 Å². The predicted molar refractivity (Wildman–Crippen MR) is 146 cm³/mol. The summed E-state index contributed by atoms with van der Waals surface area (Å²) in [6, 6.07) is 7.04. The quantitative estimate of drug-likeness (QED) is 0.103. The zero-order valence-electron chi connectivity index (χ0n) is 21.4. The third kappa shape index (κ3) is 4.84. The molecule has 198 valence electrons. The van der Waals surface area contributed by atoms with Crippen molar-refractivity contribution in [1.82, 2.24) is 14.8 Å². The number of oxime groups is 1. The van der Waals surface area contributed by atoms with Crippen LogP contribution in [0.3, 0.4) is 0 Å². The fraction of sp³-hybridized carbons (Fsp3) is 0.333. The lowest BCUT2D eigenvalue weighted by atomic mass is 9.99. The molecule has 0 saturated carbocycles. The molecule has 4 heterocycles. The molecule has 5 rings (SSSR count). The molecule has 0 bridgehead atoms. The van der Waals surface area contributed by atoms with Gasteiger partial charge in [-0.25, -0.2) is 4.98 Å². The minimum absolute atomic E-state index is 0.0947. The summed E-state index contributed by atoms with van der Waals surface area (Å²) in [5.41, 5.74) is 9.90. The lowest BCUT2D eigenvalue weighted by Crippen LogP contribution is -2.19. The van der Waals surface area contributed by atoms with Gasteiger partial charge in [0.25, 0.3) is 0 Å². The fourth-order valence-corrected chi connectivity index (χ4v) is 5.02. The van der Waals surface area contributed by atoms with Crippen molar-refractivity contribution in [2.24, 2.45) is 10.9 Å². The van der Waals surface area contributed by atoms with Gasteiger partial charge in [0.1, 0.15) is 22.2 Å². The summed E-state index contributed by atoms with van der Waals surface area (Å²) < 4.78 is 13.9. The Morgan fingerprint density at radius 3 is 2.79 bits per heavy atom. The lowest BCUT2D eigenvalue weighted by molar-refractivity contribution is 0.0662. The number of fused-ring (bicyclic) bond motifs is 1. The molecule has 3 aromatic heterocycles. The summed E-state index contributed by atoms with van der Waals surface area (Å²) in [6.45, 7) is 7.05. The lowest BCUT2D eigenvalue weighted by Gasteiger charge is -2.22. The first kappa shape index (κ1) is 25.7. The summed E-state index contributed by atoms with van der Waals surface area (Å²) in [5.74, 6) is 0.311. The Bertz CT molecular complexity index is 1590. The Balaban J connectivity index is 1.58. The maximum atomic E-state index is 13.5. The molecule has 0 radical (unpaired) electrons. The number of hydrogen-bond donors (Lipinski definition) is 3. The zero-order chi connectivity index (χ0) is 27.0. The highest BCUT2D eigenvalue weighted by atomic mass is 35.5.